The number of carbonyl (C=O) groups is 2. The van der Waals surface area contributed by atoms with Crippen molar-refractivity contribution < 1.29 is 18.0 Å². The van der Waals surface area contributed by atoms with Gasteiger partial charge in [-0.3, -0.25) is 13.9 Å². The zero-order valence-electron chi connectivity index (χ0n) is 26.3. The number of rotatable bonds is 11. The van der Waals surface area contributed by atoms with E-state index in [2.05, 4.69) is 5.32 Å². The highest BCUT2D eigenvalue weighted by atomic mass is 35.5. The first-order valence-corrected chi connectivity index (χ1v) is 16.6. The molecule has 0 aliphatic rings. The number of benzene rings is 4. The van der Waals surface area contributed by atoms with Crippen molar-refractivity contribution in [3.05, 3.63) is 130 Å². The second-order valence-electron chi connectivity index (χ2n) is 12.2. The van der Waals surface area contributed by atoms with E-state index in [0.717, 1.165) is 21.0 Å². The van der Waals surface area contributed by atoms with Crippen LogP contribution in [-0.2, 0) is 32.6 Å². The van der Waals surface area contributed by atoms with Gasteiger partial charge in [0.25, 0.3) is 10.0 Å². The van der Waals surface area contributed by atoms with Crippen molar-refractivity contribution in [2.75, 3.05) is 10.8 Å². The third kappa shape index (κ3) is 8.96. The van der Waals surface area contributed by atoms with Crippen LogP contribution in [0.4, 0.5) is 5.69 Å². The lowest BCUT2D eigenvalue weighted by atomic mass is 10.0. The van der Waals surface area contributed by atoms with Gasteiger partial charge in [0.1, 0.15) is 12.6 Å². The van der Waals surface area contributed by atoms with Crippen LogP contribution in [0, 0.1) is 13.8 Å². The molecule has 0 aliphatic heterocycles. The van der Waals surface area contributed by atoms with Crippen molar-refractivity contribution in [1.82, 2.24) is 10.2 Å². The summed E-state index contributed by atoms with van der Waals surface area (Å²) in [5.41, 5.74) is 3.11. The number of hydrogen-bond acceptors (Lipinski definition) is 4. The average molecular weight is 646 g/mol. The van der Waals surface area contributed by atoms with Crippen LogP contribution in [0.3, 0.4) is 0 Å². The minimum absolute atomic E-state index is 0.0633. The number of amides is 2. The number of aryl methyl sites for hydroxylation is 2. The van der Waals surface area contributed by atoms with E-state index in [1.54, 1.807) is 48.5 Å². The van der Waals surface area contributed by atoms with Crippen LogP contribution in [0.15, 0.2) is 108 Å². The Hall–Kier alpha value is -4.14. The molecule has 0 aliphatic carbocycles. The maximum atomic E-state index is 14.6. The molecular weight excluding hydrogens is 606 g/mol. The monoisotopic (exact) mass is 645 g/mol. The van der Waals surface area contributed by atoms with Crippen molar-refractivity contribution in [1.29, 1.82) is 0 Å². The number of sulfonamides is 1. The van der Waals surface area contributed by atoms with Gasteiger partial charge in [0.15, 0.2) is 0 Å². The van der Waals surface area contributed by atoms with E-state index in [1.165, 1.54) is 17.0 Å². The molecule has 1 atom stereocenters. The normalized spacial score (nSPS) is 12.3. The molecule has 9 heteroatoms. The molecule has 0 spiro atoms. The van der Waals surface area contributed by atoms with Crippen molar-refractivity contribution in [3.63, 3.8) is 0 Å². The van der Waals surface area contributed by atoms with Crippen LogP contribution < -0.4 is 9.62 Å². The van der Waals surface area contributed by atoms with E-state index >= 15 is 0 Å². The van der Waals surface area contributed by atoms with Crippen LogP contribution >= 0.6 is 11.6 Å². The third-order valence-electron chi connectivity index (χ3n) is 7.27. The van der Waals surface area contributed by atoms with Gasteiger partial charge >= 0.3 is 0 Å². The molecule has 1 N–H and O–H groups in total. The molecule has 2 amide bonds. The van der Waals surface area contributed by atoms with Gasteiger partial charge in [0.05, 0.1) is 10.6 Å². The third-order valence-corrected chi connectivity index (χ3v) is 9.29. The van der Waals surface area contributed by atoms with E-state index in [-0.39, 0.29) is 23.8 Å². The minimum Gasteiger partial charge on any atom is -0.350 e. The molecule has 45 heavy (non-hydrogen) atoms. The second kappa shape index (κ2) is 14.3. The lowest BCUT2D eigenvalue weighted by Crippen LogP contribution is -2.56. The number of carbonyl (C=O) groups excluding carboxylic acids is 2. The molecule has 0 bridgehead atoms. The predicted octanol–water partition coefficient (Wildman–Crippen LogP) is 6.71. The number of nitrogens with one attached hydrogen (secondary N) is 1. The minimum atomic E-state index is -4.16. The van der Waals surface area contributed by atoms with E-state index in [9.17, 15) is 18.0 Å². The van der Waals surface area contributed by atoms with Gasteiger partial charge in [-0.2, -0.15) is 0 Å². The summed E-state index contributed by atoms with van der Waals surface area (Å²) in [6.45, 7) is 8.94. The molecule has 0 radical (unpaired) electrons. The number of anilines is 1. The van der Waals surface area contributed by atoms with Crippen molar-refractivity contribution in [2.45, 2.75) is 64.1 Å². The Bertz CT molecular complexity index is 1720. The molecule has 7 nitrogen and oxygen atoms in total. The van der Waals surface area contributed by atoms with Crippen LogP contribution in [0.1, 0.15) is 43.0 Å². The SMILES string of the molecule is Cc1ccc(N(CC(=O)N(Cc2ccc(Cl)cc2)[C@@H](Cc2ccccc2)C(=O)NC(C)(C)C)S(=O)(=O)c2ccccc2)c(C)c1. The summed E-state index contributed by atoms with van der Waals surface area (Å²) in [7, 11) is -4.16. The molecular formula is C36H40ClN3O4S. The summed E-state index contributed by atoms with van der Waals surface area (Å²) in [6, 6.07) is 29.1. The zero-order valence-corrected chi connectivity index (χ0v) is 27.9. The second-order valence-corrected chi connectivity index (χ2v) is 14.5. The summed E-state index contributed by atoms with van der Waals surface area (Å²) in [5.74, 6) is -0.855. The lowest BCUT2D eigenvalue weighted by molar-refractivity contribution is -0.140. The lowest BCUT2D eigenvalue weighted by Gasteiger charge is -2.35. The standard InChI is InChI=1S/C36H40ClN3O4S/c1-26-16-21-32(27(2)22-26)40(45(43,44)31-14-10-7-11-15-31)25-34(41)39(24-29-17-19-30(37)20-18-29)33(35(42)38-36(3,4)5)23-28-12-8-6-9-13-28/h6-22,33H,23-25H2,1-5H3,(H,38,42)/t33-/m0/s1. The Morgan fingerprint density at radius 2 is 1.42 bits per heavy atom. The molecule has 0 fully saturated rings. The summed E-state index contributed by atoms with van der Waals surface area (Å²) in [6.07, 6.45) is 0.233. The Balaban J connectivity index is 1.83. The Morgan fingerprint density at radius 1 is 0.822 bits per heavy atom. The first-order chi connectivity index (χ1) is 21.2. The van der Waals surface area contributed by atoms with Crippen molar-refractivity contribution in [3.8, 4) is 0 Å². The van der Waals surface area contributed by atoms with Crippen LogP contribution in [0.2, 0.25) is 5.02 Å². The Morgan fingerprint density at radius 3 is 2.00 bits per heavy atom. The smallest absolute Gasteiger partial charge is 0.264 e. The number of nitrogens with zero attached hydrogens (tertiary/aromatic N) is 2. The highest BCUT2D eigenvalue weighted by Crippen LogP contribution is 2.28. The van der Waals surface area contributed by atoms with Gasteiger partial charge in [-0.05, 0) is 81.6 Å². The molecule has 0 unspecified atom stereocenters. The molecule has 0 saturated heterocycles. The fourth-order valence-corrected chi connectivity index (χ4v) is 6.74. The highest BCUT2D eigenvalue weighted by molar-refractivity contribution is 7.92. The number of hydrogen-bond donors (Lipinski definition) is 1. The molecule has 0 aromatic heterocycles. The summed E-state index contributed by atoms with van der Waals surface area (Å²) >= 11 is 6.16. The van der Waals surface area contributed by atoms with E-state index in [4.69, 9.17) is 11.6 Å². The van der Waals surface area contributed by atoms with Gasteiger partial charge in [0, 0.05) is 23.5 Å². The molecule has 236 valence electrons. The van der Waals surface area contributed by atoms with Crippen molar-refractivity contribution >= 4 is 39.1 Å². The van der Waals surface area contributed by atoms with Crippen LogP contribution in [-0.4, -0.2) is 43.3 Å². The Labute approximate surface area is 271 Å². The average Bonchev–Trinajstić information content (AvgIpc) is 2.99. The van der Waals surface area contributed by atoms with Gasteiger partial charge in [-0.1, -0.05) is 90.0 Å². The summed E-state index contributed by atoms with van der Waals surface area (Å²) in [5, 5.41) is 3.58. The van der Waals surface area contributed by atoms with Crippen LogP contribution in [0.5, 0.6) is 0 Å². The van der Waals surface area contributed by atoms with E-state index < -0.39 is 34.1 Å². The van der Waals surface area contributed by atoms with E-state index in [1.807, 2.05) is 77.1 Å². The van der Waals surface area contributed by atoms with Gasteiger partial charge in [-0.15, -0.1) is 0 Å². The topological polar surface area (TPSA) is 86.8 Å². The Kier molecular flexibility index (Phi) is 10.7. The summed E-state index contributed by atoms with van der Waals surface area (Å²) < 4.78 is 29.5. The first kappa shape index (κ1) is 33.7. The quantitative estimate of drug-likeness (QED) is 0.197. The molecule has 4 aromatic rings. The van der Waals surface area contributed by atoms with Crippen molar-refractivity contribution in [2.24, 2.45) is 0 Å². The predicted molar refractivity (Wildman–Crippen MR) is 181 cm³/mol. The molecule has 0 saturated carbocycles. The highest BCUT2D eigenvalue weighted by Gasteiger charge is 2.36. The first-order valence-electron chi connectivity index (χ1n) is 14.8. The van der Waals surface area contributed by atoms with Gasteiger partial charge < -0.3 is 10.2 Å². The molecule has 0 heterocycles. The maximum Gasteiger partial charge on any atom is 0.264 e. The van der Waals surface area contributed by atoms with Crippen LogP contribution in [0.25, 0.3) is 0 Å². The van der Waals surface area contributed by atoms with Gasteiger partial charge in [0.2, 0.25) is 11.8 Å². The molecule has 4 rings (SSSR count). The zero-order chi connectivity index (χ0) is 32.8. The summed E-state index contributed by atoms with van der Waals surface area (Å²) in [4.78, 5) is 30.1. The fourth-order valence-electron chi connectivity index (χ4n) is 5.11. The fraction of sp³-hybridized carbons (Fsp3) is 0.278. The van der Waals surface area contributed by atoms with Gasteiger partial charge in [-0.25, -0.2) is 8.42 Å². The maximum absolute atomic E-state index is 14.6. The van der Waals surface area contributed by atoms with E-state index in [0.29, 0.717) is 16.3 Å². The number of halogens is 1. The molecule has 4 aromatic carbocycles. The largest absolute Gasteiger partial charge is 0.350 e.